The molecule has 3 N–H and O–H groups in total. The second-order valence-corrected chi connectivity index (χ2v) is 7.82. The van der Waals surface area contributed by atoms with Crippen molar-refractivity contribution in [2.24, 2.45) is 0 Å². The summed E-state index contributed by atoms with van der Waals surface area (Å²) in [4.78, 5) is 36.6. The van der Waals surface area contributed by atoms with Crippen LogP contribution in [0.2, 0.25) is 0 Å². The molecule has 0 bridgehead atoms. The van der Waals surface area contributed by atoms with Gasteiger partial charge in [0, 0.05) is 23.7 Å². The zero-order valence-electron chi connectivity index (χ0n) is 18.3. The first-order valence-corrected chi connectivity index (χ1v) is 10.8. The van der Waals surface area contributed by atoms with Crippen LogP contribution >= 0.6 is 0 Å². The maximum absolute atomic E-state index is 12.9. The highest BCUT2D eigenvalue weighted by Crippen LogP contribution is 2.27. The molecule has 2 aromatic carbocycles. The first-order valence-electron chi connectivity index (χ1n) is 10.8. The van der Waals surface area contributed by atoms with Gasteiger partial charge in [0.1, 0.15) is 12.0 Å². The summed E-state index contributed by atoms with van der Waals surface area (Å²) in [7, 11) is 0. The lowest BCUT2D eigenvalue weighted by Gasteiger charge is -2.15. The summed E-state index contributed by atoms with van der Waals surface area (Å²) in [5.74, 6) is -1.53. The average molecular weight is 457 g/mol. The van der Waals surface area contributed by atoms with Gasteiger partial charge in [-0.25, -0.2) is 0 Å². The number of carboxylic acid groups (broad SMARTS) is 1. The van der Waals surface area contributed by atoms with Crippen molar-refractivity contribution < 1.29 is 24.0 Å². The number of allylic oxidation sites excluding steroid dienone is 3. The summed E-state index contributed by atoms with van der Waals surface area (Å²) in [5.41, 5.74) is 4.44. The molecule has 1 aliphatic carbocycles. The zero-order chi connectivity index (χ0) is 23.9. The van der Waals surface area contributed by atoms with Crippen LogP contribution in [-0.4, -0.2) is 28.0 Å². The van der Waals surface area contributed by atoms with Gasteiger partial charge in [-0.15, -0.1) is 0 Å². The third kappa shape index (κ3) is 5.66. The molecule has 0 atom stereocenters. The van der Waals surface area contributed by atoms with Gasteiger partial charge in [-0.05, 0) is 54.7 Å². The predicted molar refractivity (Wildman–Crippen MR) is 127 cm³/mol. The molecule has 0 radical (unpaired) electrons. The van der Waals surface area contributed by atoms with Crippen molar-refractivity contribution in [1.29, 1.82) is 0 Å². The van der Waals surface area contributed by atoms with Gasteiger partial charge >= 0.3 is 5.97 Å². The number of carbonyl (C=O) groups excluding carboxylic acids is 2. The minimum Gasteiger partial charge on any atom is -0.481 e. The monoisotopic (exact) mass is 457 g/mol. The lowest BCUT2D eigenvalue weighted by Crippen LogP contribution is -2.20. The molecule has 0 saturated heterocycles. The van der Waals surface area contributed by atoms with Crippen LogP contribution in [0.15, 0.2) is 83.1 Å². The van der Waals surface area contributed by atoms with Crippen molar-refractivity contribution in [1.82, 2.24) is 5.16 Å². The van der Waals surface area contributed by atoms with Gasteiger partial charge in [-0.1, -0.05) is 41.6 Å². The van der Waals surface area contributed by atoms with Crippen molar-refractivity contribution in [3.05, 3.63) is 95.4 Å². The molecule has 0 saturated carbocycles. The number of benzene rings is 2. The summed E-state index contributed by atoms with van der Waals surface area (Å²) in [6.07, 6.45) is 6.70. The van der Waals surface area contributed by atoms with Crippen LogP contribution in [0, 0.1) is 0 Å². The smallest absolute Gasteiger partial charge is 0.303 e. The number of amides is 2. The van der Waals surface area contributed by atoms with Crippen LogP contribution in [0.5, 0.6) is 0 Å². The Morgan fingerprint density at radius 3 is 2.53 bits per heavy atom. The van der Waals surface area contributed by atoms with Crippen LogP contribution in [-0.2, 0) is 16.0 Å². The number of hydrogen-bond donors (Lipinski definition) is 3. The van der Waals surface area contributed by atoms with Gasteiger partial charge in [-0.2, -0.15) is 0 Å². The normalized spacial score (nSPS) is 12.9. The Hall–Kier alpha value is -4.46. The number of nitrogens with zero attached hydrogens (tertiary/aromatic N) is 1. The number of aryl methyl sites for hydroxylation is 1. The van der Waals surface area contributed by atoms with E-state index in [1.54, 1.807) is 54.6 Å². The van der Waals surface area contributed by atoms with E-state index < -0.39 is 5.97 Å². The van der Waals surface area contributed by atoms with Crippen molar-refractivity contribution in [2.45, 2.75) is 25.7 Å². The molecule has 8 heteroatoms. The van der Waals surface area contributed by atoms with E-state index in [0.29, 0.717) is 41.8 Å². The van der Waals surface area contributed by atoms with Gasteiger partial charge in [0.15, 0.2) is 0 Å². The molecule has 0 spiro atoms. The van der Waals surface area contributed by atoms with Gasteiger partial charge in [0.2, 0.25) is 0 Å². The molecule has 1 heterocycles. The Labute approximate surface area is 196 Å². The number of aliphatic carboxylic acids is 1. The molecule has 34 heavy (non-hydrogen) atoms. The number of para-hydroxylation sites is 1. The molecular formula is C26H23N3O5. The Morgan fingerprint density at radius 1 is 0.941 bits per heavy atom. The lowest BCUT2D eigenvalue weighted by molar-refractivity contribution is -0.137. The Balaban J connectivity index is 1.45. The van der Waals surface area contributed by atoms with E-state index >= 15 is 0 Å². The average Bonchev–Trinajstić information content (AvgIpc) is 3.38. The SMILES string of the molecule is O=C(O)CCc1cccc(NC(=O)c2ccccc2NC(=O)C2=CC=C(c3ccon3)CC2)c1. The fourth-order valence-electron chi connectivity index (χ4n) is 3.67. The Kier molecular flexibility index (Phi) is 6.98. The maximum atomic E-state index is 12.9. The Morgan fingerprint density at radius 2 is 1.79 bits per heavy atom. The zero-order valence-corrected chi connectivity index (χ0v) is 18.3. The van der Waals surface area contributed by atoms with E-state index in [0.717, 1.165) is 16.8 Å². The fraction of sp³-hybridized carbons (Fsp3) is 0.154. The molecule has 4 rings (SSSR count). The van der Waals surface area contributed by atoms with Gasteiger partial charge < -0.3 is 20.3 Å². The number of aromatic nitrogens is 1. The molecule has 1 aromatic heterocycles. The van der Waals surface area contributed by atoms with E-state index in [9.17, 15) is 14.4 Å². The highest BCUT2D eigenvalue weighted by Gasteiger charge is 2.18. The molecule has 172 valence electrons. The highest BCUT2D eigenvalue weighted by atomic mass is 16.5. The topological polar surface area (TPSA) is 122 Å². The second kappa shape index (κ2) is 10.4. The van der Waals surface area contributed by atoms with E-state index in [1.807, 2.05) is 12.1 Å². The van der Waals surface area contributed by atoms with Crippen LogP contribution in [0.4, 0.5) is 11.4 Å². The third-order valence-electron chi connectivity index (χ3n) is 5.44. The minimum absolute atomic E-state index is 0.0113. The van der Waals surface area contributed by atoms with E-state index in [1.165, 1.54) is 6.26 Å². The predicted octanol–water partition coefficient (Wildman–Crippen LogP) is 4.69. The van der Waals surface area contributed by atoms with Gasteiger partial charge in [-0.3, -0.25) is 14.4 Å². The summed E-state index contributed by atoms with van der Waals surface area (Å²) >= 11 is 0. The first-order chi connectivity index (χ1) is 16.5. The largest absolute Gasteiger partial charge is 0.481 e. The summed E-state index contributed by atoms with van der Waals surface area (Å²) in [6, 6.07) is 15.6. The summed E-state index contributed by atoms with van der Waals surface area (Å²) in [5, 5.41) is 18.5. The molecule has 3 aromatic rings. The van der Waals surface area contributed by atoms with Crippen molar-refractivity contribution in [3.63, 3.8) is 0 Å². The van der Waals surface area contributed by atoms with Crippen LogP contribution in [0.25, 0.3) is 5.57 Å². The number of carboxylic acids is 1. The van der Waals surface area contributed by atoms with Crippen molar-refractivity contribution >= 4 is 34.7 Å². The number of nitrogens with one attached hydrogen (secondary N) is 2. The quantitative estimate of drug-likeness (QED) is 0.451. The van der Waals surface area contributed by atoms with Crippen LogP contribution in [0.3, 0.4) is 0 Å². The van der Waals surface area contributed by atoms with E-state index in [-0.39, 0.29) is 18.2 Å². The maximum Gasteiger partial charge on any atom is 0.303 e. The van der Waals surface area contributed by atoms with Gasteiger partial charge in [0.25, 0.3) is 11.8 Å². The highest BCUT2D eigenvalue weighted by molar-refractivity contribution is 6.12. The van der Waals surface area contributed by atoms with Crippen LogP contribution < -0.4 is 10.6 Å². The standard InChI is InChI=1S/C26H23N3O5/c30-24(31)13-8-17-4-3-5-20(16-17)27-26(33)21-6-1-2-7-23(21)28-25(32)19-11-9-18(10-12-19)22-14-15-34-29-22/h1-7,9,11,14-16H,8,10,12-13H2,(H,27,33)(H,28,32)(H,30,31). The molecular weight excluding hydrogens is 434 g/mol. The van der Waals surface area contributed by atoms with Crippen molar-refractivity contribution in [2.75, 3.05) is 10.6 Å². The van der Waals surface area contributed by atoms with E-state index in [4.69, 9.17) is 9.63 Å². The molecule has 0 unspecified atom stereocenters. The number of rotatable bonds is 8. The van der Waals surface area contributed by atoms with Gasteiger partial charge in [0.05, 0.1) is 11.3 Å². The number of hydrogen-bond acceptors (Lipinski definition) is 5. The minimum atomic E-state index is -0.878. The molecule has 8 nitrogen and oxygen atoms in total. The van der Waals surface area contributed by atoms with Crippen LogP contribution in [0.1, 0.15) is 40.9 Å². The molecule has 2 amide bonds. The fourth-order valence-corrected chi connectivity index (χ4v) is 3.67. The Bertz CT molecular complexity index is 1280. The third-order valence-corrected chi connectivity index (χ3v) is 5.44. The number of anilines is 2. The van der Waals surface area contributed by atoms with Crippen molar-refractivity contribution in [3.8, 4) is 0 Å². The molecule has 0 fully saturated rings. The summed E-state index contributed by atoms with van der Waals surface area (Å²) < 4.78 is 4.87. The first kappa shape index (κ1) is 22.7. The molecule has 1 aliphatic rings. The number of carbonyl (C=O) groups is 3. The van der Waals surface area contributed by atoms with E-state index in [2.05, 4.69) is 15.8 Å². The summed E-state index contributed by atoms with van der Waals surface area (Å²) in [6.45, 7) is 0. The molecule has 0 aliphatic heterocycles. The lowest BCUT2D eigenvalue weighted by atomic mass is 9.96. The second-order valence-electron chi connectivity index (χ2n) is 7.82.